The van der Waals surface area contributed by atoms with E-state index in [9.17, 15) is 35.9 Å². The molecule has 1 fully saturated rings. The SMILES string of the molecule is O=c1[nH]ncc(N[C@H]2CCCC(Cn3cnc4cc(-c5ncc(C(F)F)cn5)c(F)cc4c3=O)C2)c1C(F)(F)F. The van der Waals surface area contributed by atoms with E-state index in [1.807, 2.05) is 0 Å². The maximum Gasteiger partial charge on any atom is 0.423 e. The first-order valence-corrected chi connectivity index (χ1v) is 12.2. The van der Waals surface area contributed by atoms with Crippen LogP contribution in [0.4, 0.5) is 32.0 Å². The summed E-state index contributed by atoms with van der Waals surface area (Å²) < 4.78 is 82.0. The molecular weight excluding hydrogens is 544 g/mol. The summed E-state index contributed by atoms with van der Waals surface area (Å²) in [5.41, 5.74) is -3.98. The van der Waals surface area contributed by atoms with Crippen molar-refractivity contribution in [1.82, 2.24) is 29.7 Å². The lowest BCUT2D eigenvalue weighted by molar-refractivity contribution is -0.138. The van der Waals surface area contributed by atoms with Gasteiger partial charge in [0.2, 0.25) is 0 Å². The zero-order valence-corrected chi connectivity index (χ0v) is 20.6. The summed E-state index contributed by atoms with van der Waals surface area (Å²) in [4.78, 5) is 36.7. The number of anilines is 1. The molecular formula is C25H21F6N7O2. The Bertz CT molecular complexity index is 1650. The van der Waals surface area contributed by atoms with Crippen LogP contribution in [0.3, 0.4) is 0 Å². The lowest BCUT2D eigenvalue weighted by Gasteiger charge is -2.31. The van der Waals surface area contributed by atoms with E-state index in [0.717, 1.165) is 24.7 Å². The highest BCUT2D eigenvalue weighted by Crippen LogP contribution is 2.34. The molecule has 40 heavy (non-hydrogen) atoms. The zero-order chi connectivity index (χ0) is 28.6. The van der Waals surface area contributed by atoms with Gasteiger partial charge in [-0.3, -0.25) is 14.2 Å². The molecule has 4 aromatic rings. The van der Waals surface area contributed by atoms with Crippen molar-refractivity contribution in [2.45, 2.75) is 50.9 Å². The number of rotatable bonds is 6. The maximum absolute atomic E-state index is 14.9. The summed E-state index contributed by atoms with van der Waals surface area (Å²) >= 11 is 0. The van der Waals surface area contributed by atoms with E-state index in [2.05, 4.69) is 25.4 Å². The number of hydrogen-bond donors (Lipinski definition) is 2. The number of H-pyrrole nitrogens is 1. The van der Waals surface area contributed by atoms with Crippen LogP contribution in [0.1, 0.15) is 43.2 Å². The summed E-state index contributed by atoms with van der Waals surface area (Å²) in [6.45, 7) is 0.196. The molecule has 1 aliphatic carbocycles. The first kappa shape index (κ1) is 27.3. The van der Waals surface area contributed by atoms with Crippen LogP contribution in [0.25, 0.3) is 22.3 Å². The Morgan fingerprint density at radius 2 is 1.82 bits per heavy atom. The maximum atomic E-state index is 14.9. The average molecular weight is 565 g/mol. The van der Waals surface area contributed by atoms with Gasteiger partial charge in [0.15, 0.2) is 5.82 Å². The molecule has 1 aliphatic rings. The molecule has 0 spiro atoms. The van der Waals surface area contributed by atoms with E-state index < -0.39 is 52.4 Å². The molecule has 0 bridgehead atoms. The Morgan fingerprint density at radius 1 is 1.07 bits per heavy atom. The molecule has 1 unspecified atom stereocenters. The Morgan fingerprint density at radius 3 is 2.52 bits per heavy atom. The highest BCUT2D eigenvalue weighted by atomic mass is 19.4. The number of alkyl halides is 5. The summed E-state index contributed by atoms with van der Waals surface area (Å²) in [6, 6.07) is 1.86. The van der Waals surface area contributed by atoms with Crippen LogP contribution < -0.4 is 16.4 Å². The standard InChI is InChI=1S/C25H21F6N7O2/c26-17-5-16-18(6-15(17)22-32-7-13(8-33-22)21(27)28)34-11-38(24(16)40)10-12-2-1-3-14(4-12)36-19-9-35-37-23(39)20(19)25(29,30)31/h5-9,11-12,14,21H,1-4,10H2,(H2,36,37,39)/t12?,14-/m0/s1. The van der Waals surface area contributed by atoms with Crippen LogP contribution in [-0.2, 0) is 12.7 Å². The third-order valence-corrected chi connectivity index (χ3v) is 6.81. The van der Waals surface area contributed by atoms with Gasteiger partial charge in [-0.05, 0) is 37.3 Å². The molecule has 0 radical (unpaired) electrons. The Balaban J connectivity index is 1.35. The van der Waals surface area contributed by atoms with Crippen LogP contribution in [0.2, 0.25) is 0 Å². The molecule has 3 aromatic heterocycles. The van der Waals surface area contributed by atoms with Crippen molar-refractivity contribution in [1.29, 1.82) is 0 Å². The molecule has 2 atom stereocenters. The van der Waals surface area contributed by atoms with Gasteiger partial charge in [-0.2, -0.15) is 18.3 Å². The lowest BCUT2D eigenvalue weighted by Crippen LogP contribution is -2.34. The number of nitrogens with one attached hydrogen (secondary N) is 2. The van der Waals surface area contributed by atoms with Crippen molar-refractivity contribution in [3.05, 3.63) is 74.7 Å². The van der Waals surface area contributed by atoms with Crippen molar-refractivity contribution < 1.29 is 26.3 Å². The van der Waals surface area contributed by atoms with Crippen molar-refractivity contribution in [2.75, 3.05) is 5.32 Å². The van der Waals surface area contributed by atoms with Crippen molar-refractivity contribution in [3.8, 4) is 11.4 Å². The van der Waals surface area contributed by atoms with Crippen LogP contribution >= 0.6 is 0 Å². The van der Waals surface area contributed by atoms with Crippen molar-refractivity contribution in [2.24, 2.45) is 5.92 Å². The predicted molar refractivity (Wildman–Crippen MR) is 131 cm³/mol. The van der Waals surface area contributed by atoms with Gasteiger partial charge >= 0.3 is 6.18 Å². The molecule has 15 heteroatoms. The van der Waals surface area contributed by atoms with E-state index in [0.29, 0.717) is 25.7 Å². The highest BCUT2D eigenvalue weighted by molar-refractivity contribution is 5.82. The van der Waals surface area contributed by atoms with Crippen LogP contribution in [0.15, 0.2) is 46.6 Å². The third-order valence-electron chi connectivity index (χ3n) is 6.81. The first-order valence-electron chi connectivity index (χ1n) is 12.2. The number of fused-ring (bicyclic) bond motifs is 1. The van der Waals surface area contributed by atoms with Gasteiger partial charge in [0.1, 0.15) is 11.4 Å². The van der Waals surface area contributed by atoms with Gasteiger partial charge in [-0.25, -0.2) is 33.2 Å². The molecule has 0 amide bonds. The number of benzene rings is 1. The second kappa shape index (κ2) is 10.7. The third kappa shape index (κ3) is 5.53. The molecule has 210 valence electrons. The Labute approximate surface area is 221 Å². The number of aromatic amines is 1. The normalized spacial score (nSPS) is 17.9. The van der Waals surface area contributed by atoms with Gasteiger partial charge < -0.3 is 5.32 Å². The van der Waals surface area contributed by atoms with Gasteiger partial charge in [0, 0.05) is 25.0 Å². The minimum absolute atomic E-state index is 0.0113. The Hall–Kier alpha value is -4.30. The summed E-state index contributed by atoms with van der Waals surface area (Å²) in [7, 11) is 0. The smallest absolute Gasteiger partial charge is 0.380 e. The number of hydrogen-bond acceptors (Lipinski definition) is 7. The summed E-state index contributed by atoms with van der Waals surface area (Å²) in [6.07, 6.45) is -1.31. The lowest BCUT2D eigenvalue weighted by atomic mass is 9.85. The summed E-state index contributed by atoms with van der Waals surface area (Å²) in [5.74, 6) is -1.08. The van der Waals surface area contributed by atoms with Gasteiger partial charge in [-0.15, -0.1) is 0 Å². The first-order chi connectivity index (χ1) is 19.0. The van der Waals surface area contributed by atoms with Gasteiger partial charge in [0.05, 0.1) is 40.2 Å². The monoisotopic (exact) mass is 565 g/mol. The topological polar surface area (TPSA) is 118 Å². The average Bonchev–Trinajstić information content (AvgIpc) is 2.90. The zero-order valence-electron chi connectivity index (χ0n) is 20.6. The second-order valence-electron chi connectivity index (χ2n) is 9.55. The molecule has 1 aromatic carbocycles. The predicted octanol–water partition coefficient (Wildman–Crippen LogP) is 4.70. The van der Waals surface area contributed by atoms with Crippen molar-refractivity contribution >= 4 is 16.6 Å². The number of halogens is 6. The number of nitrogens with zero attached hydrogens (tertiary/aromatic N) is 5. The number of aromatic nitrogens is 6. The fraction of sp³-hybridized carbons (Fsp3) is 0.360. The van der Waals surface area contributed by atoms with Crippen molar-refractivity contribution in [3.63, 3.8) is 0 Å². The van der Waals surface area contributed by atoms with Crippen LogP contribution in [0, 0.1) is 11.7 Å². The quantitative estimate of drug-likeness (QED) is 0.325. The second-order valence-corrected chi connectivity index (χ2v) is 9.55. The molecule has 3 heterocycles. The minimum atomic E-state index is -4.87. The molecule has 0 aliphatic heterocycles. The van der Waals surface area contributed by atoms with E-state index in [1.54, 1.807) is 5.10 Å². The molecule has 9 nitrogen and oxygen atoms in total. The largest absolute Gasteiger partial charge is 0.423 e. The fourth-order valence-corrected chi connectivity index (χ4v) is 4.95. The molecule has 1 saturated carbocycles. The molecule has 2 N–H and O–H groups in total. The van der Waals surface area contributed by atoms with E-state index >= 15 is 0 Å². The van der Waals surface area contributed by atoms with E-state index in [1.165, 1.54) is 17.0 Å². The minimum Gasteiger partial charge on any atom is -0.380 e. The Kier molecular flexibility index (Phi) is 7.29. The van der Waals surface area contributed by atoms with Crippen LogP contribution in [0.5, 0.6) is 0 Å². The molecule has 0 saturated heterocycles. The van der Waals surface area contributed by atoms with Crippen LogP contribution in [-0.4, -0.2) is 35.8 Å². The summed E-state index contributed by atoms with van der Waals surface area (Å²) in [5, 5.41) is 8.05. The highest BCUT2D eigenvalue weighted by Gasteiger charge is 2.38. The van der Waals surface area contributed by atoms with Gasteiger partial charge in [-0.1, -0.05) is 6.42 Å². The fourth-order valence-electron chi connectivity index (χ4n) is 4.95. The molecule has 5 rings (SSSR count). The van der Waals surface area contributed by atoms with Gasteiger partial charge in [0.25, 0.3) is 17.5 Å². The van der Waals surface area contributed by atoms with E-state index in [4.69, 9.17) is 0 Å². The van der Waals surface area contributed by atoms with E-state index in [-0.39, 0.29) is 34.8 Å².